The van der Waals surface area contributed by atoms with Crippen molar-refractivity contribution in [2.75, 3.05) is 36.4 Å². The van der Waals surface area contributed by atoms with Crippen molar-refractivity contribution in [3.8, 4) is 5.75 Å². The van der Waals surface area contributed by atoms with Gasteiger partial charge in [-0.1, -0.05) is 12.1 Å². The SMILES string of the molecule is C[C@H](C(=O)Nc1ccccc1C(F)(F)F)[NH+]1CCN(c2ccc(O)cc2)CC1. The van der Waals surface area contributed by atoms with Crippen molar-refractivity contribution in [1.29, 1.82) is 0 Å². The Balaban J connectivity index is 1.60. The molecule has 0 aromatic heterocycles. The number of carbonyl (C=O) groups is 1. The molecule has 2 aromatic rings. The molecule has 3 N–H and O–H groups in total. The lowest BCUT2D eigenvalue weighted by Gasteiger charge is -2.36. The van der Waals surface area contributed by atoms with Crippen LogP contribution in [0.15, 0.2) is 48.5 Å². The maximum atomic E-state index is 13.1. The minimum absolute atomic E-state index is 0.206. The number of nitrogens with one attached hydrogen (secondary N) is 2. The summed E-state index contributed by atoms with van der Waals surface area (Å²) in [7, 11) is 0. The highest BCUT2D eigenvalue weighted by molar-refractivity contribution is 5.94. The van der Waals surface area contributed by atoms with Crippen LogP contribution in [0.25, 0.3) is 0 Å². The zero-order chi connectivity index (χ0) is 20.3. The molecule has 1 amide bonds. The van der Waals surface area contributed by atoms with Gasteiger partial charge in [-0.2, -0.15) is 13.2 Å². The summed E-state index contributed by atoms with van der Waals surface area (Å²) < 4.78 is 39.3. The number of benzene rings is 2. The second-order valence-electron chi connectivity index (χ2n) is 6.92. The molecule has 0 saturated carbocycles. The lowest BCUT2D eigenvalue weighted by molar-refractivity contribution is -0.914. The number of phenolic OH excluding ortho intramolecular Hbond substituents is 1. The number of halogens is 3. The number of aromatic hydroxyl groups is 1. The van der Waals surface area contributed by atoms with Crippen LogP contribution >= 0.6 is 0 Å². The molecular formula is C20H23F3N3O2+. The Hall–Kier alpha value is -2.74. The molecule has 5 nitrogen and oxygen atoms in total. The quantitative estimate of drug-likeness (QED) is 0.745. The van der Waals surface area contributed by atoms with Gasteiger partial charge in [0.2, 0.25) is 0 Å². The molecule has 1 aliphatic heterocycles. The molecule has 150 valence electrons. The zero-order valence-corrected chi connectivity index (χ0v) is 15.5. The standard InChI is InChI=1S/C20H22F3N3O2/c1-14(19(28)24-18-5-3-2-4-17(18)20(21,22)23)25-10-12-26(13-11-25)15-6-8-16(27)9-7-15/h2-9,14,27H,10-13H2,1H3,(H,24,28)/p+1/t14-/m1/s1. The van der Waals surface area contributed by atoms with Crippen molar-refractivity contribution >= 4 is 17.3 Å². The fraction of sp³-hybridized carbons (Fsp3) is 0.350. The van der Waals surface area contributed by atoms with E-state index >= 15 is 0 Å². The van der Waals surface area contributed by atoms with Crippen molar-refractivity contribution in [3.63, 3.8) is 0 Å². The molecule has 0 bridgehead atoms. The van der Waals surface area contributed by atoms with E-state index in [1.807, 2.05) is 12.1 Å². The number of hydrogen-bond donors (Lipinski definition) is 3. The maximum Gasteiger partial charge on any atom is 0.418 e. The molecule has 1 atom stereocenters. The van der Waals surface area contributed by atoms with Gasteiger partial charge in [-0.05, 0) is 43.3 Å². The van der Waals surface area contributed by atoms with Crippen molar-refractivity contribution in [2.45, 2.75) is 19.1 Å². The normalized spacial score (nSPS) is 16.6. The number of carbonyl (C=O) groups excluding carboxylic acids is 1. The molecule has 2 aromatic carbocycles. The number of hydrogen-bond acceptors (Lipinski definition) is 3. The third kappa shape index (κ3) is 4.56. The fourth-order valence-corrected chi connectivity index (χ4v) is 3.41. The first-order chi connectivity index (χ1) is 13.3. The fourth-order valence-electron chi connectivity index (χ4n) is 3.41. The van der Waals surface area contributed by atoms with Crippen molar-refractivity contribution in [1.82, 2.24) is 0 Å². The van der Waals surface area contributed by atoms with Gasteiger partial charge in [-0.3, -0.25) is 4.79 Å². The van der Waals surface area contributed by atoms with Gasteiger partial charge < -0.3 is 20.2 Å². The highest BCUT2D eigenvalue weighted by Gasteiger charge is 2.35. The number of quaternary nitrogens is 1. The topological polar surface area (TPSA) is 57.0 Å². The summed E-state index contributed by atoms with van der Waals surface area (Å²) in [6.07, 6.45) is -4.52. The third-order valence-electron chi connectivity index (χ3n) is 5.12. The number of anilines is 2. The van der Waals surface area contributed by atoms with Gasteiger partial charge in [0.25, 0.3) is 5.91 Å². The number of para-hydroxylation sites is 1. The van der Waals surface area contributed by atoms with Crippen LogP contribution in [0.4, 0.5) is 24.5 Å². The van der Waals surface area contributed by atoms with Crippen molar-refractivity contribution in [3.05, 3.63) is 54.1 Å². The smallest absolute Gasteiger partial charge is 0.418 e. The molecule has 1 heterocycles. The molecule has 8 heteroatoms. The zero-order valence-electron chi connectivity index (χ0n) is 15.5. The molecule has 1 aliphatic rings. The Kier molecular flexibility index (Phi) is 5.79. The highest BCUT2D eigenvalue weighted by atomic mass is 19.4. The predicted molar refractivity (Wildman–Crippen MR) is 101 cm³/mol. The lowest BCUT2D eigenvalue weighted by atomic mass is 10.1. The van der Waals surface area contributed by atoms with Crippen molar-refractivity contribution < 1.29 is 28.0 Å². The average molecular weight is 394 g/mol. The van der Waals surface area contributed by atoms with Crippen molar-refractivity contribution in [2.24, 2.45) is 0 Å². The second kappa shape index (κ2) is 8.10. The highest BCUT2D eigenvalue weighted by Crippen LogP contribution is 2.34. The summed E-state index contributed by atoms with van der Waals surface area (Å²) in [5.41, 5.74) is -0.0651. The molecule has 0 unspecified atom stereocenters. The number of alkyl halides is 3. The average Bonchev–Trinajstić information content (AvgIpc) is 2.68. The number of piperazine rings is 1. The molecule has 3 rings (SSSR count). The Morgan fingerprint density at radius 3 is 2.32 bits per heavy atom. The van der Waals surface area contributed by atoms with E-state index in [-0.39, 0.29) is 11.4 Å². The summed E-state index contributed by atoms with van der Waals surface area (Å²) in [6.45, 7) is 4.55. The molecule has 1 fully saturated rings. The summed E-state index contributed by atoms with van der Waals surface area (Å²) in [6, 6.07) is 11.5. The first-order valence-corrected chi connectivity index (χ1v) is 9.11. The monoisotopic (exact) mass is 394 g/mol. The molecular weight excluding hydrogens is 371 g/mol. The van der Waals surface area contributed by atoms with Gasteiger partial charge in [0, 0.05) is 5.69 Å². The second-order valence-corrected chi connectivity index (χ2v) is 6.92. The number of nitrogens with zero attached hydrogens (tertiary/aromatic N) is 1. The molecule has 0 spiro atoms. The van der Waals surface area contributed by atoms with Crippen LogP contribution in [-0.4, -0.2) is 43.2 Å². The molecule has 0 aliphatic carbocycles. The van der Waals surface area contributed by atoms with E-state index in [0.717, 1.165) is 29.7 Å². The van der Waals surface area contributed by atoms with E-state index in [1.54, 1.807) is 19.1 Å². The van der Waals surface area contributed by atoms with Crippen LogP contribution in [0, 0.1) is 0 Å². The molecule has 28 heavy (non-hydrogen) atoms. The first kappa shape index (κ1) is 20.0. The van der Waals surface area contributed by atoms with Gasteiger partial charge in [-0.25, -0.2) is 0 Å². The van der Waals surface area contributed by atoms with Crippen LogP contribution in [0.1, 0.15) is 12.5 Å². The number of amides is 1. The molecule has 1 saturated heterocycles. The summed E-state index contributed by atoms with van der Waals surface area (Å²) in [4.78, 5) is 15.7. The van der Waals surface area contributed by atoms with Crippen LogP contribution in [0.5, 0.6) is 5.75 Å². The summed E-state index contributed by atoms with van der Waals surface area (Å²) in [5, 5.41) is 11.8. The van der Waals surface area contributed by atoms with Crippen LogP contribution in [0.2, 0.25) is 0 Å². The minimum Gasteiger partial charge on any atom is -0.508 e. The largest absolute Gasteiger partial charge is 0.508 e. The Morgan fingerprint density at radius 2 is 1.71 bits per heavy atom. The van der Waals surface area contributed by atoms with Gasteiger partial charge in [0.05, 0.1) is 37.4 Å². The van der Waals surface area contributed by atoms with E-state index in [2.05, 4.69) is 10.2 Å². The summed E-state index contributed by atoms with van der Waals surface area (Å²) in [5.74, 6) is -0.220. The minimum atomic E-state index is -4.52. The van der Waals surface area contributed by atoms with Gasteiger partial charge in [0.15, 0.2) is 6.04 Å². The summed E-state index contributed by atoms with van der Waals surface area (Å²) >= 11 is 0. The maximum absolute atomic E-state index is 13.1. The lowest BCUT2D eigenvalue weighted by Crippen LogP contribution is -3.19. The number of rotatable bonds is 4. The Bertz CT molecular complexity index is 816. The van der Waals surface area contributed by atoms with Gasteiger partial charge in [0.1, 0.15) is 5.75 Å². The van der Waals surface area contributed by atoms with E-state index in [1.165, 1.54) is 18.2 Å². The van der Waals surface area contributed by atoms with E-state index in [9.17, 15) is 23.1 Å². The third-order valence-corrected chi connectivity index (χ3v) is 5.12. The molecule has 0 radical (unpaired) electrons. The van der Waals surface area contributed by atoms with Crippen LogP contribution in [-0.2, 0) is 11.0 Å². The van der Waals surface area contributed by atoms with Crippen LogP contribution < -0.4 is 15.1 Å². The first-order valence-electron chi connectivity index (χ1n) is 9.11. The van der Waals surface area contributed by atoms with Gasteiger partial charge >= 0.3 is 6.18 Å². The van der Waals surface area contributed by atoms with E-state index in [0.29, 0.717) is 13.1 Å². The Labute approximate surface area is 161 Å². The Morgan fingerprint density at radius 1 is 1.11 bits per heavy atom. The number of phenols is 1. The van der Waals surface area contributed by atoms with Crippen LogP contribution in [0.3, 0.4) is 0 Å². The van der Waals surface area contributed by atoms with E-state index < -0.39 is 23.7 Å². The van der Waals surface area contributed by atoms with Gasteiger partial charge in [-0.15, -0.1) is 0 Å². The van der Waals surface area contributed by atoms with E-state index in [4.69, 9.17) is 0 Å². The predicted octanol–water partition coefficient (Wildman–Crippen LogP) is 2.14.